The van der Waals surface area contributed by atoms with Gasteiger partial charge < -0.3 is 9.64 Å². The predicted molar refractivity (Wildman–Crippen MR) is 96.2 cm³/mol. The molecule has 2 aromatic rings. The minimum absolute atomic E-state index is 0.0220. The number of methoxy groups -OCH3 is 1. The van der Waals surface area contributed by atoms with Crippen molar-refractivity contribution in [3.63, 3.8) is 0 Å². The SMILES string of the molecule is COC(=O)C1CCC(=O)N1C(Cc1ccccc1)c1ccc(Cl)cc1. The van der Waals surface area contributed by atoms with Crippen LogP contribution in [0.2, 0.25) is 5.02 Å². The highest BCUT2D eigenvalue weighted by molar-refractivity contribution is 6.30. The van der Waals surface area contributed by atoms with Crippen molar-refractivity contribution in [3.8, 4) is 0 Å². The zero-order valence-corrected chi connectivity index (χ0v) is 14.8. The van der Waals surface area contributed by atoms with Crippen LogP contribution in [0.15, 0.2) is 54.6 Å². The summed E-state index contributed by atoms with van der Waals surface area (Å²) < 4.78 is 4.91. The van der Waals surface area contributed by atoms with E-state index in [9.17, 15) is 9.59 Å². The number of esters is 1. The van der Waals surface area contributed by atoms with Gasteiger partial charge in [-0.25, -0.2) is 4.79 Å². The predicted octanol–water partition coefficient (Wildman–Crippen LogP) is 3.79. The number of nitrogens with zero attached hydrogens (tertiary/aromatic N) is 1. The van der Waals surface area contributed by atoms with Crippen molar-refractivity contribution in [2.24, 2.45) is 0 Å². The fourth-order valence-electron chi connectivity index (χ4n) is 3.36. The summed E-state index contributed by atoms with van der Waals surface area (Å²) >= 11 is 6.01. The fourth-order valence-corrected chi connectivity index (χ4v) is 3.49. The van der Waals surface area contributed by atoms with Gasteiger partial charge in [0.15, 0.2) is 0 Å². The summed E-state index contributed by atoms with van der Waals surface area (Å²) in [6.07, 6.45) is 1.48. The number of hydrogen-bond acceptors (Lipinski definition) is 3. The molecular formula is C20H20ClNO3. The van der Waals surface area contributed by atoms with Gasteiger partial charge in [0.2, 0.25) is 5.91 Å². The maximum Gasteiger partial charge on any atom is 0.328 e. The number of rotatable bonds is 5. The van der Waals surface area contributed by atoms with E-state index in [4.69, 9.17) is 16.3 Å². The van der Waals surface area contributed by atoms with E-state index < -0.39 is 6.04 Å². The molecule has 130 valence electrons. The van der Waals surface area contributed by atoms with E-state index in [0.29, 0.717) is 24.3 Å². The Kier molecular flexibility index (Phi) is 5.39. The number of amides is 1. The average Bonchev–Trinajstić information content (AvgIpc) is 3.02. The van der Waals surface area contributed by atoms with E-state index in [1.165, 1.54) is 7.11 Å². The van der Waals surface area contributed by atoms with Gasteiger partial charge in [-0.05, 0) is 36.1 Å². The molecule has 0 aliphatic carbocycles. The number of carbonyl (C=O) groups excluding carboxylic acids is 2. The molecular weight excluding hydrogens is 338 g/mol. The van der Waals surface area contributed by atoms with E-state index in [2.05, 4.69) is 0 Å². The van der Waals surface area contributed by atoms with Crippen LogP contribution < -0.4 is 0 Å². The van der Waals surface area contributed by atoms with Crippen LogP contribution in [0.1, 0.15) is 30.0 Å². The second-order valence-corrected chi connectivity index (χ2v) is 6.57. The van der Waals surface area contributed by atoms with Gasteiger partial charge in [-0.3, -0.25) is 4.79 Å². The monoisotopic (exact) mass is 357 g/mol. The highest BCUT2D eigenvalue weighted by Gasteiger charge is 2.41. The number of ether oxygens (including phenoxy) is 1. The van der Waals surface area contributed by atoms with Crippen molar-refractivity contribution in [1.29, 1.82) is 0 Å². The minimum Gasteiger partial charge on any atom is -0.467 e. The molecule has 1 aliphatic heterocycles. The first-order valence-corrected chi connectivity index (χ1v) is 8.66. The Bertz CT molecular complexity index is 745. The molecule has 2 unspecified atom stereocenters. The van der Waals surface area contributed by atoms with E-state index >= 15 is 0 Å². The molecule has 0 radical (unpaired) electrons. The Morgan fingerprint density at radius 1 is 1.20 bits per heavy atom. The van der Waals surface area contributed by atoms with Crippen LogP contribution in [0.5, 0.6) is 0 Å². The Labute approximate surface area is 152 Å². The van der Waals surface area contributed by atoms with Crippen molar-refractivity contribution < 1.29 is 14.3 Å². The van der Waals surface area contributed by atoms with Crippen molar-refractivity contribution >= 4 is 23.5 Å². The summed E-state index contributed by atoms with van der Waals surface area (Å²) in [5.74, 6) is -0.385. The highest BCUT2D eigenvalue weighted by atomic mass is 35.5. The van der Waals surface area contributed by atoms with E-state index in [0.717, 1.165) is 11.1 Å². The maximum atomic E-state index is 12.6. The van der Waals surface area contributed by atoms with Crippen molar-refractivity contribution in [3.05, 3.63) is 70.7 Å². The molecule has 1 heterocycles. The first-order valence-electron chi connectivity index (χ1n) is 8.28. The smallest absolute Gasteiger partial charge is 0.328 e. The van der Waals surface area contributed by atoms with Crippen LogP contribution in [0.25, 0.3) is 0 Å². The van der Waals surface area contributed by atoms with Gasteiger partial charge in [-0.15, -0.1) is 0 Å². The van der Waals surface area contributed by atoms with Crippen molar-refractivity contribution in [2.45, 2.75) is 31.3 Å². The third kappa shape index (κ3) is 3.85. The van der Waals surface area contributed by atoms with Crippen LogP contribution in [-0.4, -0.2) is 29.9 Å². The molecule has 2 aromatic carbocycles. The van der Waals surface area contributed by atoms with Gasteiger partial charge in [0.1, 0.15) is 6.04 Å². The molecule has 0 aromatic heterocycles. The van der Waals surface area contributed by atoms with Crippen LogP contribution in [0.3, 0.4) is 0 Å². The third-order valence-corrected chi connectivity index (χ3v) is 4.84. The third-order valence-electron chi connectivity index (χ3n) is 4.59. The quantitative estimate of drug-likeness (QED) is 0.765. The molecule has 0 saturated carbocycles. The van der Waals surface area contributed by atoms with Gasteiger partial charge in [-0.2, -0.15) is 0 Å². The van der Waals surface area contributed by atoms with Crippen LogP contribution >= 0.6 is 11.6 Å². The molecule has 4 nitrogen and oxygen atoms in total. The lowest BCUT2D eigenvalue weighted by Gasteiger charge is -2.32. The van der Waals surface area contributed by atoms with Gasteiger partial charge >= 0.3 is 5.97 Å². The number of carbonyl (C=O) groups is 2. The lowest BCUT2D eigenvalue weighted by molar-refractivity contribution is -0.150. The maximum absolute atomic E-state index is 12.6. The normalized spacial score (nSPS) is 18.2. The van der Waals surface area contributed by atoms with Crippen molar-refractivity contribution in [2.75, 3.05) is 7.11 Å². The van der Waals surface area contributed by atoms with E-state index in [-0.39, 0.29) is 17.9 Å². The summed E-state index contributed by atoms with van der Waals surface area (Å²) in [4.78, 5) is 26.4. The Morgan fingerprint density at radius 2 is 1.88 bits per heavy atom. The molecule has 0 N–H and O–H groups in total. The second kappa shape index (κ2) is 7.70. The molecule has 1 aliphatic rings. The molecule has 1 amide bonds. The molecule has 0 bridgehead atoms. The van der Waals surface area contributed by atoms with E-state index in [1.807, 2.05) is 54.6 Å². The van der Waals surface area contributed by atoms with Gasteiger partial charge in [0.25, 0.3) is 0 Å². The zero-order valence-electron chi connectivity index (χ0n) is 14.0. The van der Waals surface area contributed by atoms with Gasteiger partial charge in [0, 0.05) is 11.4 Å². The van der Waals surface area contributed by atoms with Gasteiger partial charge in [0.05, 0.1) is 13.2 Å². The Morgan fingerprint density at radius 3 is 2.52 bits per heavy atom. The summed E-state index contributed by atoms with van der Waals surface area (Å²) in [5, 5.41) is 0.638. The number of benzene rings is 2. The lowest BCUT2D eigenvalue weighted by atomic mass is 9.96. The first kappa shape index (κ1) is 17.5. The average molecular weight is 358 g/mol. The molecule has 3 rings (SSSR count). The topological polar surface area (TPSA) is 46.6 Å². The highest BCUT2D eigenvalue weighted by Crippen LogP contribution is 2.34. The summed E-state index contributed by atoms with van der Waals surface area (Å²) in [6.45, 7) is 0. The van der Waals surface area contributed by atoms with Crippen LogP contribution in [0, 0.1) is 0 Å². The zero-order chi connectivity index (χ0) is 17.8. The van der Waals surface area contributed by atoms with Gasteiger partial charge in [-0.1, -0.05) is 54.1 Å². The minimum atomic E-state index is -0.540. The van der Waals surface area contributed by atoms with Crippen LogP contribution in [-0.2, 0) is 20.7 Å². The standard InChI is InChI=1S/C20H20ClNO3/c1-25-20(24)17-11-12-19(23)22(17)18(13-14-5-3-2-4-6-14)15-7-9-16(21)10-8-15/h2-10,17-18H,11-13H2,1H3. The summed E-state index contributed by atoms with van der Waals surface area (Å²) in [5.41, 5.74) is 2.06. The molecule has 2 atom stereocenters. The largest absolute Gasteiger partial charge is 0.467 e. The number of halogens is 1. The Balaban J connectivity index is 1.98. The second-order valence-electron chi connectivity index (χ2n) is 6.14. The van der Waals surface area contributed by atoms with E-state index in [1.54, 1.807) is 4.90 Å². The van der Waals surface area contributed by atoms with Crippen LogP contribution in [0.4, 0.5) is 0 Å². The molecule has 1 saturated heterocycles. The number of hydrogen-bond donors (Lipinski definition) is 0. The first-order chi connectivity index (χ1) is 12.1. The molecule has 5 heteroatoms. The fraction of sp³-hybridized carbons (Fsp3) is 0.300. The van der Waals surface area contributed by atoms with Crippen molar-refractivity contribution in [1.82, 2.24) is 4.90 Å². The molecule has 1 fully saturated rings. The number of likely N-dealkylation sites (tertiary alicyclic amines) is 1. The molecule has 0 spiro atoms. The summed E-state index contributed by atoms with van der Waals surface area (Å²) in [7, 11) is 1.36. The summed E-state index contributed by atoms with van der Waals surface area (Å²) in [6, 6.07) is 16.6. The molecule has 25 heavy (non-hydrogen) atoms. The lowest BCUT2D eigenvalue weighted by Crippen LogP contribution is -2.42. The Hall–Kier alpha value is -2.33.